The largest absolute Gasteiger partial charge is 0.406 e. The van der Waals surface area contributed by atoms with Crippen molar-refractivity contribution < 1.29 is 4.92 Å². The number of anilines is 1. The molecule has 198 valence electrons. The van der Waals surface area contributed by atoms with Crippen LogP contribution in [0.4, 0.5) is 11.6 Å². The smallest absolute Gasteiger partial charge is 0.358 e. The van der Waals surface area contributed by atoms with Gasteiger partial charge in [0.15, 0.2) is 5.82 Å². The highest BCUT2D eigenvalue weighted by Crippen LogP contribution is 2.31. The van der Waals surface area contributed by atoms with Crippen molar-refractivity contribution in [1.29, 1.82) is 0 Å². The Balaban J connectivity index is 1.28. The molecule has 1 fully saturated rings. The summed E-state index contributed by atoms with van der Waals surface area (Å²) in [5.74, 6) is 2.99. The molecule has 0 atom stereocenters. The molecule has 1 aliphatic heterocycles. The lowest BCUT2D eigenvalue weighted by Crippen LogP contribution is -2.46. The van der Waals surface area contributed by atoms with Crippen molar-refractivity contribution in [3.63, 3.8) is 0 Å². The summed E-state index contributed by atoms with van der Waals surface area (Å²) in [6, 6.07) is 18.5. The van der Waals surface area contributed by atoms with E-state index in [-0.39, 0.29) is 10.7 Å². The van der Waals surface area contributed by atoms with Crippen LogP contribution in [0.25, 0.3) is 11.4 Å². The van der Waals surface area contributed by atoms with Gasteiger partial charge in [-0.25, -0.2) is 4.98 Å². The fourth-order valence-corrected chi connectivity index (χ4v) is 5.09. The van der Waals surface area contributed by atoms with Gasteiger partial charge < -0.3 is 15.0 Å². The van der Waals surface area contributed by atoms with Gasteiger partial charge in [0.05, 0.1) is 6.54 Å². The Hall–Kier alpha value is -4.05. The third kappa shape index (κ3) is 5.31. The summed E-state index contributed by atoms with van der Waals surface area (Å²) < 4.78 is 3.93. The number of benzene rings is 2. The number of aromatic nitrogens is 5. The van der Waals surface area contributed by atoms with E-state index in [1.54, 1.807) is 0 Å². The topological polar surface area (TPSA) is 98.2 Å². The third-order valence-electron chi connectivity index (χ3n) is 7.12. The van der Waals surface area contributed by atoms with E-state index < -0.39 is 0 Å². The number of rotatable bonds is 9. The van der Waals surface area contributed by atoms with Crippen molar-refractivity contribution in [1.82, 2.24) is 29.2 Å². The van der Waals surface area contributed by atoms with Gasteiger partial charge in [-0.2, -0.15) is 5.10 Å². The monoisotopic (exact) mass is 514 g/mol. The maximum absolute atomic E-state index is 12.0. The quantitative estimate of drug-likeness (QED) is 0.242. The summed E-state index contributed by atoms with van der Waals surface area (Å²) in [6.45, 7) is 11.3. The van der Waals surface area contributed by atoms with Crippen LogP contribution in [0.5, 0.6) is 0 Å². The lowest BCUT2D eigenvalue weighted by molar-refractivity contribution is -0.388. The van der Waals surface area contributed by atoms with Gasteiger partial charge in [-0.3, -0.25) is 14.1 Å². The molecule has 0 radical (unpaired) electrons. The first-order valence-electron chi connectivity index (χ1n) is 13.2. The van der Waals surface area contributed by atoms with Gasteiger partial charge in [0.25, 0.3) is 0 Å². The molecule has 1 saturated heterocycles. The van der Waals surface area contributed by atoms with Crippen LogP contribution in [0.1, 0.15) is 36.6 Å². The van der Waals surface area contributed by atoms with E-state index in [0.717, 1.165) is 54.8 Å². The third-order valence-corrected chi connectivity index (χ3v) is 7.12. The Morgan fingerprint density at radius 2 is 1.58 bits per heavy atom. The first kappa shape index (κ1) is 25.6. The molecular formula is C28H34N8O2. The summed E-state index contributed by atoms with van der Waals surface area (Å²) >= 11 is 0. The first-order valence-corrected chi connectivity index (χ1v) is 13.2. The molecular weight excluding hydrogens is 480 g/mol. The second-order valence-corrected chi connectivity index (χ2v) is 9.62. The lowest BCUT2D eigenvalue weighted by Gasteiger charge is -2.35. The zero-order chi connectivity index (χ0) is 26.6. The van der Waals surface area contributed by atoms with Crippen LogP contribution < -0.4 is 4.90 Å². The number of hydrogen-bond acceptors (Lipinski definition) is 7. The van der Waals surface area contributed by atoms with Crippen LogP contribution in [-0.4, -0.2) is 60.3 Å². The molecule has 0 bridgehead atoms. The van der Waals surface area contributed by atoms with Crippen molar-refractivity contribution in [3.05, 3.63) is 87.5 Å². The second-order valence-electron chi connectivity index (χ2n) is 9.62. The summed E-state index contributed by atoms with van der Waals surface area (Å²) in [4.78, 5) is 25.1. The minimum absolute atomic E-state index is 0.0452. The Kier molecular flexibility index (Phi) is 7.50. The minimum Gasteiger partial charge on any atom is -0.358 e. The highest BCUT2D eigenvalue weighted by molar-refractivity contribution is 5.57. The Morgan fingerprint density at radius 1 is 0.895 bits per heavy atom. The molecule has 3 heterocycles. The van der Waals surface area contributed by atoms with Crippen molar-refractivity contribution in [2.24, 2.45) is 0 Å². The van der Waals surface area contributed by atoms with Gasteiger partial charge in [-0.05, 0) is 34.9 Å². The van der Waals surface area contributed by atoms with Gasteiger partial charge >= 0.3 is 5.82 Å². The average Bonchev–Trinajstić information content (AvgIpc) is 3.50. The van der Waals surface area contributed by atoms with Gasteiger partial charge in [0.2, 0.25) is 11.6 Å². The molecule has 4 aromatic rings. The van der Waals surface area contributed by atoms with Gasteiger partial charge in [0, 0.05) is 51.3 Å². The fraction of sp³-hybridized carbons (Fsp3) is 0.393. The van der Waals surface area contributed by atoms with Crippen LogP contribution in [0.3, 0.4) is 0 Å². The van der Waals surface area contributed by atoms with Crippen molar-refractivity contribution in [2.75, 3.05) is 31.1 Å². The van der Waals surface area contributed by atoms with Gasteiger partial charge in [-0.1, -0.05) is 61.5 Å². The predicted octanol–water partition coefficient (Wildman–Crippen LogP) is 4.31. The summed E-state index contributed by atoms with van der Waals surface area (Å²) in [5, 5.41) is 16.5. The molecule has 10 heteroatoms. The summed E-state index contributed by atoms with van der Waals surface area (Å²) in [5.41, 5.74) is 3.34. The number of hydrogen-bond donors (Lipinski definition) is 0. The molecule has 0 aliphatic carbocycles. The Labute approximate surface area is 222 Å². The normalized spacial score (nSPS) is 14.2. The van der Waals surface area contributed by atoms with Crippen LogP contribution >= 0.6 is 0 Å². The number of piperazine rings is 1. The van der Waals surface area contributed by atoms with Gasteiger partial charge in [0.1, 0.15) is 5.82 Å². The molecule has 2 aromatic carbocycles. The van der Waals surface area contributed by atoms with Crippen molar-refractivity contribution in [2.45, 2.75) is 46.8 Å². The van der Waals surface area contributed by atoms with E-state index in [9.17, 15) is 10.1 Å². The van der Waals surface area contributed by atoms with Crippen molar-refractivity contribution >= 4 is 11.6 Å². The predicted molar refractivity (Wildman–Crippen MR) is 147 cm³/mol. The number of nitrogens with zero attached hydrogens (tertiary/aromatic N) is 8. The maximum Gasteiger partial charge on any atom is 0.406 e. The van der Waals surface area contributed by atoms with E-state index in [1.807, 2.05) is 53.4 Å². The SMILES string of the molecule is CCc1nc([N+](=O)[O-])c(N2CCN(Cc3ccc(-c4nc(C)n(CC)n4)cc3)CC2)n1Cc1ccccc1. The molecule has 0 saturated carbocycles. The van der Waals surface area contributed by atoms with Crippen LogP contribution in [0.15, 0.2) is 54.6 Å². The number of imidazole rings is 1. The zero-order valence-electron chi connectivity index (χ0n) is 22.2. The highest BCUT2D eigenvalue weighted by atomic mass is 16.6. The van der Waals surface area contributed by atoms with E-state index in [1.165, 1.54) is 5.56 Å². The molecule has 0 spiro atoms. The highest BCUT2D eigenvalue weighted by Gasteiger charge is 2.32. The van der Waals surface area contributed by atoms with Gasteiger partial charge in [-0.15, -0.1) is 0 Å². The van der Waals surface area contributed by atoms with E-state index in [2.05, 4.69) is 56.1 Å². The Morgan fingerprint density at radius 3 is 2.18 bits per heavy atom. The standard InChI is InChI=1S/C28H34N8O2/c1-4-25-30-27(36(37)38)28(34(25)20-22-9-7-6-8-10-22)33-17-15-32(16-18-33)19-23-11-13-24(14-12-23)26-29-21(3)35(5-2)31-26/h6-14H,4-5,15-20H2,1-3H3. The van der Waals surface area contributed by atoms with E-state index in [4.69, 9.17) is 0 Å². The number of nitro groups is 1. The molecule has 0 unspecified atom stereocenters. The molecule has 2 aromatic heterocycles. The summed E-state index contributed by atoms with van der Waals surface area (Å²) in [6.07, 6.45) is 0.636. The molecule has 10 nitrogen and oxygen atoms in total. The molecule has 38 heavy (non-hydrogen) atoms. The Bertz CT molecular complexity index is 1390. The first-order chi connectivity index (χ1) is 18.5. The second kappa shape index (κ2) is 11.1. The zero-order valence-corrected chi connectivity index (χ0v) is 22.2. The average molecular weight is 515 g/mol. The minimum atomic E-state index is -0.343. The van der Waals surface area contributed by atoms with Crippen LogP contribution in [0, 0.1) is 17.0 Å². The maximum atomic E-state index is 12.0. The summed E-state index contributed by atoms with van der Waals surface area (Å²) in [7, 11) is 0. The fourth-order valence-electron chi connectivity index (χ4n) is 5.09. The molecule has 5 rings (SSSR count). The lowest BCUT2D eigenvalue weighted by atomic mass is 10.1. The molecule has 0 amide bonds. The van der Waals surface area contributed by atoms with Crippen molar-refractivity contribution in [3.8, 4) is 11.4 Å². The van der Waals surface area contributed by atoms with E-state index in [0.29, 0.717) is 31.9 Å². The van der Waals surface area contributed by atoms with Crippen LogP contribution in [-0.2, 0) is 26.1 Å². The van der Waals surface area contributed by atoms with Crippen LogP contribution in [0.2, 0.25) is 0 Å². The molecule has 0 N–H and O–H groups in total. The number of aryl methyl sites for hydroxylation is 3. The molecule has 1 aliphatic rings. The van der Waals surface area contributed by atoms with E-state index >= 15 is 0 Å².